The molecule has 0 radical (unpaired) electrons. The van der Waals surface area contributed by atoms with Gasteiger partial charge in [-0.15, -0.1) is 0 Å². The second-order valence-corrected chi connectivity index (χ2v) is 6.96. The van der Waals surface area contributed by atoms with Crippen LogP contribution in [0.15, 0.2) is 28.8 Å². The lowest BCUT2D eigenvalue weighted by atomic mass is 9.96. The number of rotatable bonds is 5. The first-order chi connectivity index (χ1) is 12.0. The van der Waals surface area contributed by atoms with Gasteiger partial charge in [-0.2, -0.15) is 4.98 Å². The molecule has 1 aromatic heterocycles. The monoisotopic (exact) mass is 362 g/mol. The van der Waals surface area contributed by atoms with Crippen LogP contribution in [0.1, 0.15) is 38.5 Å². The van der Waals surface area contributed by atoms with Crippen molar-refractivity contribution in [2.75, 3.05) is 6.54 Å². The summed E-state index contributed by atoms with van der Waals surface area (Å²) >= 11 is 5.88. The van der Waals surface area contributed by atoms with Gasteiger partial charge in [0.1, 0.15) is 0 Å². The highest BCUT2D eigenvalue weighted by Gasteiger charge is 2.29. The van der Waals surface area contributed by atoms with Crippen molar-refractivity contribution in [2.45, 2.75) is 51.1 Å². The molecule has 0 saturated carbocycles. The SMILES string of the molecule is CC(N)C1CCCCN1C(=O)CCc1nc(-c2ccc(Cl)cc2)no1. The number of aryl methyl sites for hydroxylation is 1. The normalized spacial score (nSPS) is 19.0. The minimum absolute atomic E-state index is 0.0100. The summed E-state index contributed by atoms with van der Waals surface area (Å²) in [5.41, 5.74) is 6.87. The number of hydrogen-bond acceptors (Lipinski definition) is 5. The molecule has 2 heterocycles. The third-order valence-electron chi connectivity index (χ3n) is 4.60. The molecular weight excluding hydrogens is 340 g/mol. The third kappa shape index (κ3) is 4.38. The maximum Gasteiger partial charge on any atom is 0.227 e. The highest BCUT2D eigenvalue weighted by atomic mass is 35.5. The number of benzene rings is 1. The summed E-state index contributed by atoms with van der Waals surface area (Å²) in [5.74, 6) is 1.08. The van der Waals surface area contributed by atoms with Crippen molar-refractivity contribution in [1.29, 1.82) is 0 Å². The summed E-state index contributed by atoms with van der Waals surface area (Å²) in [6.45, 7) is 2.75. The molecule has 1 aliphatic rings. The molecule has 0 bridgehead atoms. The molecule has 2 atom stereocenters. The summed E-state index contributed by atoms with van der Waals surface area (Å²) < 4.78 is 5.27. The van der Waals surface area contributed by atoms with Crippen molar-refractivity contribution in [3.63, 3.8) is 0 Å². The number of halogens is 1. The van der Waals surface area contributed by atoms with E-state index in [0.29, 0.717) is 29.6 Å². The summed E-state index contributed by atoms with van der Waals surface area (Å²) in [5, 5.41) is 4.63. The molecule has 0 aliphatic carbocycles. The van der Waals surface area contributed by atoms with E-state index in [1.54, 1.807) is 12.1 Å². The van der Waals surface area contributed by atoms with E-state index in [-0.39, 0.29) is 18.0 Å². The minimum atomic E-state index is -0.0100. The highest BCUT2D eigenvalue weighted by Crippen LogP contribution is 2.21. The Hall–Kier alpha value is -1.92. The van der Waals surface area contributed by atoms with E-state index in [2.05, 4.69) is 10.1 Å². The van der Waals surface area contributed by atoms with Crippen molar-refractivity contribution in [3.05, 3.63) is 35.2 Å². The van der Waals surface area contributed by atoms with E-state index in [1.807, 2.05) is 24.0 Å². The molecular formula is C18H23ClN4O2. The average Bonchev–Trinajstić information content (AvgIpc) is 3.09. The Morgan fingerprint density at radius 2 is 2.16 bits per heavy atom. The lowest BCUT2D eigenvalue weighted by molar-refractivity contribution is -0.135. The fourth-order valence-electron chi connectivity index (χ4n) is 3.24. The van der Waals surface area contributed by atoms with Gasteiger partial charge < -0.3 is 15.2 Å². The van der Waals surface area contributed by atoms with E-state index in [4.69, 9.17) is 21.9 Å². The van der Waals surface area contributed by atoms with Crippen LogP contribution in [-0.4, -0.2) is 39.6 Å². The molecule has 3 rings (SSSR count). The van der Waals surface area contributed by atoms with Crippen LogP contribution < -0.4 is 5.73 Å². The van der Waals surface area contributed by atoms with Crippen LogP contribution >= 0.6 is 11.6 Å². The zero-order chi connectivity index (χ0) is 17.8. The molecule has 7 heteroatoms. The van der Waals surface area contributed by atoms with Crippen LogP contribution in [0.4, 0.5) is 0 Å². The van der Waals surface area contributed by atoms with Gasteiger partial charge >= 0.3 is 0 Å². The van der Waals surface area contributed by atoms with Crippen molar-refractivity contribution < 1.29 is 9.32 Å². The van der Waals surface area contributed by atoms with E-state index in [9.17, 15) is 4.79 Å². The van der Waals surface area contributed by atoms with Crippen LogP contribution in [0, 0.1) is 0 Å². The first kappa shape index (κ1) is 17.9. The number of piperidine rings is 1. The van der Waals surface area contributed by atoms with Crippen molar-refractivity contribution in [3.8, 4) is 11.4 Å². The predicted molar refractivity (Wildman–Crippen MR) is 96.1 cm³/mol. The third-order valence-corrected chi connectivity index (χ3v) is 4.85. The zero-order valence-corrected chi connectivity index (χ0v) is 15.1. The van der Waals surface area contributed by atoms with Crippen molar-refractivity contribution in [2.24, 2.45) is 5.73 Å². The molecule has 25 heavy (non-hydrogen) atoms. The Morgan fingerprint density at radius 1 is 1.40 bits per heavy atom. The summed E-state index contributed by atoms with van der Waals surface area (Å²) in [7, 11) is 0. The lowest BCUT2D eigenvalue weighted by Gasteiger charge is -2.38. The molecule has 2 N–H and O–H groups in total. The Kier molecular flexibility index (Phi) is 5.71. The second kappa shape index (κ2) is 7.97. The molecule has 1 aromatic carbocycles. The average molecular weight is 363 g/mol. The van der Waals surface area contributed by atoms with Crippen LogP contribution in [0.5, 0.6) is 0 Å². The van der Waals surface area contributed by atoms with Crippen LogP contribution in [0.3, 0.4) is 0 Å². The van der Waals surface area contributed by atoms with Crippen molar-refractivity contribution >= 4 is 17.5 Å². The highest BCUT2D eigenvalue weighted by molar-refractivity contribution is 6.30. The first-order valence-electron chi connectivity index (χ1n) is 8.68. The molecule has 134 valence electrons. The summed E-state index contributed by atoms with van der Waals surface area (Å²) in [6.07, 6.45) is 3.93. The molecule has 1 saturated heterocycles. The number of carbonyl (C=O) groups excluding carboxylic acids is 1. The number of aromatic nitrogens is 2. The molecule has 2 unspecified atom stereocenters. The van der Waals surface area contributed by atoms with Gasteiger partial charge in [-0.05, 0) is 50.5 Å². The standard InChI is InChI=1S/C18H23ClN4O2/c1-12(20)15-4-2-3-11-23(15)17(24)10-9-16-21-18(22-25-16)13-5-7-14(19)8-6-13/h5-8,12,15H,2-4,9-11,20H2,1H3. The quantitative estimate of drug-likeness (QED) is 0.883. The molecule has 1 amide bonds. The van der Waals surface area contributed by atoms with Gasteiger partial charge in [-0.3, -0.25) is 4.79 Å². The summed E-state index contributed by atoms with van der Waals surface area (Å²) in [4.78, 5) is 18.9. The lowest BCUT2D eigenvalue weighted by Crippen LogP contribution is -2.51. The van der Waals surface area contributed by atoms with Gasteiger partial charge in [0, 0.05) is 42.1 Å². The molecule has 0 spiro atoms. The first-order valence-corrected chi connectivity index (χ1v) is 9.06. The Bertz CT molecular complexity index is 714. The molecule has 2 aromatic rings. The Balaban J connectivity index is 1.60. The van der Waals surface area contributed by atoms with E-state index >= 15 is 0 Å². The number of amides is 1. The predicted octanol–water partition coefficient (Wildman–Crippen LogP) is 3.05. The Morgan fingerprint density at radius 3 is 2.88 bits per heavy atom. The summed E-state index contributed by atoms with van der Waals surface area (Å²) in [6, 6.07) is 7.35. The number of hydrogen-bond donors (Lipinski definition) is 1. The van der Waals surface area contributed by atoms with Gasteiger partial charge in [0.05, 0.1) is 0 Å². The molecule has 1 fully saturated rings. The Labute approximate surface area is 152 Å². The number of carbonyl (C=O) groups is 1. The van der Waals surface area contributed by atoms with Gasteiger partial charge in [-0.1, -0.05) is 16.8 Å². The largest absolute Gasteiger partial charge is 0.339 e. The topological polar surface area (TPSA) is 85.2 Å². The van der Waals surface area contributed by atoms with Crippen molar-refractivity contribution in [1.82, 2.24) is 15.0 Å². The smallest absolute Gasteiger partial charge is 0.227 e. The van der Waals surface area contributed by atoms with E-state index < -0.39 is 0 Å². The molecule has 6 nitrogen and oxygen atoms in total. The van der Waals surface area contributed by atoms with Crippen LogP contribution in [-0.2, 0) is 11.2 Å². The minimum Gasteiger partial charge on any atom is -0.339 e. The fourth-order valence-corrected chi connectivity index (χ4v) is 3.37. The van der Waals surface area contributed by atoms with E-state index in [1.165, 1.54) is 0 Å². The van der Waals surface area contributed by atoms with Gasteiger partial charge in [0.2, 0.25) is 17.6 Å². The maximum atomic E-state index is 12.6. The van der Waals surface area contributed by atoms with E-state index in [0.717, 1.165) is 31.4 Å². The van der Waals surface area contributed by atoms with Crippen LogP contribution in [0.2, 0.25) is 5.02 Å². The van der Waals surface area contributed by atoms with Gasteiger partial charge in [0.15, 0.2) is 0 Å². The maximum absolute atomic E-state index is 12.6. The van der Waals surface area contributed by atoms with Gasteiger partial charge in [-0.25, -0.2) is 0 Å². The second-order valence-electron chi connectivity index (χ2n) is 6.53. The molecule has 1 aliphatic heterocycles. The number of nitrogens with zero attached hydrogens (tertiary/aromatic N) is 3. The number of likely N-dealkylation sites (tertiary alicyclic amines) is 1. The zero-order valence-electron chi connectivity index (χ0n) is 14.3. The van der Waals surface area contributed by atoms with Crippen LogP contribution in [0.25, 0.3) is 11.4 Å². The number of nitrogens with two attached hydrogens (primary N) is 1. The fraction of sp³-hybridized carbons (Fsp3) is 0.500. The van der Waals surface area contributed by atoms with Gasteiger partial charge in [0.25, 0.3) is 0 Å².